The van der Waals surface area contributed by atoms with Gasteiger partial charge < -0.3 is 10.0 Å². The Morgan fingerprint density at radius 1 is 1.60 bits per heavy atom. The molecule has 0 aliphatic carbocycles. The van der Waals surface area contributed by atoms with E-state index < -0.39 is 0 Å². The van der Waals surface area contributed by atoms with Crippen molar-refractivity contribution < 1.29 is 9.90 Å². The van der Waals surface area contributed by atoms with Crippen LogP contribution in [0.25, 0.3) is 0 Å². The van der Waals surface area contributed by atoms with Crippen molar-refractivity contribution in [2.45, 2.75) is 13.0 Å². The number of hydrogen-bond acceptors (Lipinski definition) is 4. The molecule has 0 spiro atoms. The molecule has 1 aliphatic rings. The van der Waals surface area contributed by atoms with Gasteiger partial charge in [0.15, 0.2) is 6.29 Å². The lowest BCUT2D eigenvalue weighted by Crippen LogP contribution is -2.51. The van der Waals surface area contributed by atoms with Gasteiger partial charge >= 0.3 is 0 Å². The third kappa shape index (κ3) is 1.99. The third-order valence-electron chi connectivity index (χ3n) is 2.85. The predicted molar refractivity (Wildman–Crippen MR) is 57.0 cm³/mol. The molecule has 0 amide bonds. The van der Waals surface area contributed by atoms with E-state index in [9.17, 15) is 9.90 Å². The molecule has 0 bridgehead atoms. The van der Waals surface area contributed by atoms with E-state index in [4.69, 9.17) is 0 Å². The quantitative estimate of drug-likeness (QED) is 0.740. The molecule has 1 aromatic heterocycles. The number of hydrogen-bond donors (Lipinski definition) is 1. The van der Waals surface area contributed by atoms with Crippen LogP contribution in [0.1, 0.15) is 17.4 Å². The normalized spacial score (nSPS) is 18.4. The second kappa shape index (κ2) is 3.98. The largest absolute Gasteiger partial charge is 0.393 e. The minimum atomic E-state index is -0.247. The van der Waals surface area contributed by atoms with Crippen LogP contribution in [-0.2, 0) is 0 Å². The molecular weight excluding hydrogens is 192 g/mol. The highest BCUT2D eigenvalue weighted by Crippen LogP contribution is 2.25. The summed E-state index contributed by atoms with van der Waals surface area (Å²) in [5.74, 6) is 0.357. The second-order valence-corrected chi connectivity index (χ2v) is 3.96. The van der Waals surface area contributed by atoms with Crippen LogP contribution in [0.4, 0.5) is 5.69 Å². The lowest BCUT2D eigenvalue weighted by molar-refractivity contribution is 0.107. The fraction of sp³-hybridized carbons (Fsp3) is 0.455. The van der Waals surface area contributed by atoms with Gasteiger partial charge in [0, 0.05) is 19.0 Å². The van der Waals surface area contributed by atoms with Gasteiger partial charge in [-0.05, 0) is 19.1 Å². The molecule has 2 rings (SSSR count). The molecule has 1 fully saturated rings. The first-order chi connectivity index (χ1) is 7.20. The summed E-state index contributed by atoms with van der Waals surface area (Å²) in [5, 5.41) is 9.33. The Kier molecular flexibility index (Phi) is 2.68. The molecule has 1 unspecified atom stereocenters. The van der Waals surface area contributed by atoms with E-state index in [1.807, 2.05) is 13.0 Å². The molecule has 1 atom stereocenters. The predicted octanol–water partition coefficient (Wildman–Crippen LogP) is 0.711. The van der Waals surface area contributed by atoms with Gasteiger partial charge in [-0.2, -0.15) is 0 Å². The topological polar surface area (TPSA) is 53.4 Å². The molecule has 1 saturated heterocycles. The molecule has 1 N–H and O–H groups in total. The molecule has 0 saturated carbocycles. The van der Waals surface area contributed by atoms with Crippen molar-refractivity contribution in [2.24, 2.45) is 5.92 Å². The van der Waals surface area contributed by atoms with Crippen LogP contribution in [0.2, 0.25) is 0 Å². The molecule has 1 aliphatic heterocycles. The Hall–Kier alpha value is -1.42. The van der Waals surface area contributed by atoms with Crippen LogP contribution in [0, 0.1) is 5.92 Å². The van der Waals surface area contributed by atoms with Crippen LogP contribution in [0.5, 0.6) is 0 Å². The van der Waals surface area contributed by atoms with Crippen LogP contribution in [0.15, 0.2) is 18.3 Å². The summed E-state index contributed by atoms with van der Waals surface area (Å²) in [4.78, 5) is 16.5. The number of pyridine rings is 1. The number of rotatable bonds is 3. The molecule has 2 heterocycles. The zero-order chi connectivity index (χ0) is 10.8. The molecule has 4 heteroatoms. The molecule has 0 aromatic carbocycles. The van der Waals surface area contributed by atoms with Gasteiger partial charge in [0.1, 0.15) is 5.69 Å². The summed E-state index contributed by atoms with van der Waals surface area (Å²) in [6.45, 7) is 3.54. The van der Waals surface area contributed by atoms with Crippen molar-refractivity contribution >= 4 is 12.0 Å². The van der Waals surface area contributed by atoms with Crippen LogP contribution in [-0.4, -0.2) is 35.6 Å². The summed E-state index contributed by atoms with van der Waals surface area (Å²) < 4.78 is 0. The average molecular weight is 206 g/mol. The number of anilines is 1. The number of aliphatic hydroxyl groups is 1. The molecule has 80 valence electrons. The van der Waals surface area contributed by atoms with Crippen LogP contribution >= 0.6 is 0 Å². The summed E-state index contributed by atoms with van der Waals surface area (Å²) in [5.41, 5.74) is 1.46. The number of aliphatic hydroxyl groups excluding tert-OH is 1. The first-order valence-corrected chi connectivity index (χ1v) is 5.05. The molecular formula is C11H14N2O2. The van der Waals surface area contributed by atoms with Crippen molar-refractivity contribution in [1.82, 2.24) is 4.98 Å². The van der Waals surface area contributed by atoms with Crippen molar-refractivity contribution in [3.8, 4) is 0 Å². The smallest absolute Gasteiger partial charge is 0.168 e. The Morgan fingerprint density at radius 2 is 2.33 bits per heavy atom. The van der Waals surface area contributed by atoms with E-state index in [1.54, 1.807) is 12.3 Å². The molecule has 4 nitrogen and oxygen atoms in total. The highest BCUT2D eigenvalue weighted by molar-refractivity contribution is 5.72. The fourth-order valence-electron chi connectivity index (χ4n) is 1.68. The maximum Gasteiger partial charge on any atom is 0.168 e. The van der Waals surface area contributed by atoms with E-state index in [1.165, 1.54) is 0 Å². The standard InChI is InChI=1S/C11H14N2O2/c1-8(15)9-5-13(6-9)11-3-2-10(7-14)12-4-11/h2-4,7-9,15H,5-6H2,1H3. The zero-order valence-corrected chi connectivity index (χ0v) is 8.63. The third-order valence-corrected chi connectivity index (χ3v) is 2.85. The van der Waals surface area contributed by atoms with E-state index in [0.29, 0.717) is 11.6 Å². The second-order valence-electron chi connectivity index (χ2n) is 3.96. The summed E-state index contributed by atoms with van der Waals surface area (Å²) in [6.07, 6.45) is 2.18. The number of carbonyl (C=O) groups is 1. The highest BCUT2D eigenvalue weighted by atomic mass is 16.3. The van der Waals surface area contributed by atoms with E-state index in [-0.39, 0.29) is 6.10 Å². The Balaban J connectivity index is 1.98. The van der Waals surface area contributed by atoms with E-state index >= 15 is 0 Å². The summed E-state index contributed by atoms with van der Waals surface area (Å²) >= 11 is 0. The minimum Gasteiger partial charge on any atom is -0.393 e. The average Bonchev–Trinajstić information content (AvgIpc) is 2.16. The molecule has 1 aromatic rings. The number of carbonyl (C=O) groups excluding carboxylic acids is 1. The Labute approximate surface area is 88.6 Å². The van der Waals surface area contributed by atoms with Crippen molar-refractivity contribution in [3.05, 3.63) is 24.0 Å². The van der Waals surface area contributed by atoms with Crippen LogP contribution in [0.3, 0.4) is 0 Å². The van der Waals surface area contributed by atoms with Crippen LogP contribution < -0.4 is 4.90 Å². The van der Waals surface area contributed by atoms with Crippen molar-refractivity contribution in [1.29, 1.82) is 0 Å². The fourth-order valence-corrected chi connectivity index (χ4v) is 1.68. The van der Waals surface area contributed by atoms with Gasteiger partial charge in [-0.25, -0.2) is 0 Å². The van der Waals surface area contributed by atoms with Crippen molar-refractivity contribution in [3.63, 3.8) is 0 Å². The monoisotopic (exact) mass is 206 g/mol. The zero-order valence-electron chi connectivity index (χ0n) is 8.63. The number of nitrogens with zero attached hydrogens (tertiary/aromatic N) is 2. The van der Waals surface area contributed by atoms with E-state index in [0.717, 1.165) is 25.1 Å². The van der Waals surface area contributed by atoms with Gasteiger partial charge in [-0.15, -0.1) is 0 Å². The van der Waals surface area contributed by atoms with Gasteiger partial charge in [0.05, 0.1) is 18.0 Å². The molecule has 15 heavy (non-hydrogen) atoms. The lowest BCUT2D eigenvalue weighted by Gasteiger charge is -2.42. The lowest BCUT2D eigenvalue weighted by atomic mass is 9.94. The minimum absolute atomic E-state index is 0.247. The maximum absolute atomic E-state index is 10.4. The Morgan fingerprint density at radius 3 is 2.80 bits per heavy atom. The van der Waals surface area contributed by atoms with Gasteiger partial charge in [-0.3, -0.25) is 9.78 Å². The van der Waals surface area contributed by atoms with Crippen molar-refractivity contribution in [2.75, 3.05) is 18.0 Å². The van der Waals surface area contributed by atoms with E-state index in [2.05, 4.69) is 9.88 Å². The van der Waals surface area contributed by atoms with Gasteiger partial charge in [0.25, 0.3) is 0 Å². The Bertz CT molecular complexity index is 342. The maximum atomic E-state index is 10.4. The SMILES string of the molecule is CC(O)C1CN(c2ccc(C=O)nc2)C1. The number of aldehydes is 1. The van der Waals surface area contributed by atoms with Gasteiger partial charge in [-0.1, -0.05) is 0 Å². The summed E-state index contributed by atoms with van der Waals surface area (Å²) in [6, 6.07) is 3.59. The molecule has 0 radical (unpaired) electrons. The highest BCUT2D eigenvalue weighted by Gasteiger charge is 2.30. The van der Waals surface area contributed by atoms with Gasteiger partial charge in [0.2, 0.25) is 0 Å². The first kappa shape index (κ1) is 10.1. The number of aromatic nitrogens is 1. The summed E-state index contributed by atoms with van der Waals surface area (Å²) in [7, 11) is 0. The first-order valence-electron chi connectivity index (χ1n) is 5.05.